The molecule has 2 amide bonds. The number of anilines is 1. The second-order valence-corrected chi connectivity index (χ2v) is 12.7. The average molecular weight is 599 g/mol. The van der Waals surface area contributed by atoms with Crippen molar-refractivity contribution < 1.29 is 26.8 Å². The van der Waals surface area contributed by atoms with E-state index in [9.17, 15) is 26.8 Å². The van der Waals surface area contributed by atoms with E-state index in [1.54, 1.807) is 0 Å². The number of hydrogen-bond acceptors (Lipinski definition) is 4. The smallest absolute Gasteiger partial charge is 0.304 e. The minimum Gasteiger partial charge on any atom is -0.352 e. The van der Waals surface area contributed by atoms with Gasteiger partial charge in [0.05, 0.1) is 5.69 Å². The first kappa shape index (κ1) is 31.1. The van der Waals surface area contributed by atoms with Crippen LogP contribution in [0.3, 0.4) is 0 Å². The highest BCUT2D eigenvalue weighted by Crippen LogP contribution is 2.25. The van der Waals surface area contributed by atoms with Crippen LogP contribution >= 0.6 is 0 Å². The molecule has 0 spiro atoms. The number of nitrogens with zero attached hydrogens (tertiary/aromatic N) is 3. The molecular weight excluding hydrogens is 562 g/mol. The Bertz CT molecular complexity index is 1460. The Morgan fingerprint density at radius 3 is 2.12 bits per heavy atom. The molecule has 0 aliphatic heterocycles. The summed E-state index contributed by atoms with van der Waals surface area (Å²) in [6.45, 7) is -0.855. The monoisotopic (exact) mass is 598 g/mol. The first-order valence-electron chi connectivity index (χ1n) is 13.9. The lowest BCUT2D eigenvalue weighted by Gasteiger charge is -2.35. The fourth-order valence-electron chi connectivity index (χ4n) is 5.06. The third-order valence-corrected chi connectivity index (χ3v) is 9.18. The van der Waals surface area contributed by atoms with Crippen molar-refractivity contribution in [3.05, 3.63) is 102 Å². The number of halogens is 2. The second kappa shape index (κ2) is 13.9. The summed E-state index contributed by atoms with van der Waals surface area (Å²) in [7, 11) is -1.74. The molecule has 1 fully saturated rings. The Labute approximate surface area is 246 Å². The van der Waals surface area contributed by atoms with Crippen molar-refractivity contribution in [1.82, 2.24) is 14.5 Å². The average Bonchev–Trinajstić information content (AvgIpc) is 3.48. The van der Waals surface area contributed by atoms with Gasteiger partial charge in [0.25, 0.3) is 0 Å². The van der Waals surface area contributed by atoms with E-state index in [0.717, 1.165) is 41.6 Å². The summed E-state index contributed by atoms with van der Waals surface area (Å²) in [6, 6.07) is 19.0. The Balaban J connectivity index is 1.76. The van der Waals surface area contributed by atoms with Gasteiger partial charge in [-0.25, -0.2) is 13.1 Å². The van der Waals surface area contributed by atoms with Gasteiger partial charge in [-0.1, -0.05) is 67.4 Å². The highest BCUT2D eigenvalue weighted by atomic mass is 32.2. The van der Waals surface area contributed by atoms with Crippen LogP contribution in [-0.2, 0) is 32.8 Å². The molecule has 42 heavy (non-hydrogen) atoms. The van der Waals surface area contributed by atoms with Crippen LogP contribution in [0.25, 0.3) is 0 Å². The number of benzene rings is 3. The molecule has 0 radical (unpaired) electrons. The van der Waals surface area contributed by atoms with Gasteiger partial charge in [0.15, 0.2) is 0 Å². The molecule has 224 valence electrons. The summed E-state index contributed by atoms with van der Waals surface area (Å²) in [5.41, 5.74) is 1.05. The van der Waals surface area contributed by atoms with Crippen molar-refractivity contribution >= 4 is 27.7 Å². The third kappa shape index (κ3) is 7.71. The standard InChI is InChI=1S/C31H36F2N4O4S/c1-35(2)42(40,41)37(28-15-9-8-14-27(28)33)22-30(38)36(21-24-16-18-25(32)19-17-24)29(20-23-10-4-3-5-11-23)31(39)34-26-12-6-7-13-26/h3-5,8-11,14-19,26,29H,6-7,12-13,20-22H2,1-2H3,(H,34,39)/t29-/m0/s1. The highest BCUT2D eigenvalue weighted by molar-refractivity contribution is 7.90. The van der Waals surface area contributed by atoms with Gasteiger partial charge >= 0.3 is 10.2 Å². The first-order chi connectivity index (χ1) is 20.1. The highest BCUT2D eigenvalue weighted by Gasteiger charge is 2.36. The van der Waals surface area contributed by atoms with Gasteiger partial charge in [0.1, 0.15) is 24.2 Å². The van der Waals surface area contributed by atoms with E-state index in [-0.39, 0.29) is 30.6 Å². The zero-order valence-electron chi connectivity index (χ0n) is 23.7. The summed E-state index contributed by atoms with van der Waals surface area (Å²) in [5, 5.41) is 3.08. The van der Waals surface area contributed by atoms with E-state index < -0.39 is 40.3 Å². The molecular formula is C31H36F2N4O4S. The van der Waals surface area contributed by atoms with Crippen LogP contribution in [0.2, 0.25) is 0 Å². The van der Waals surface area contributed by atoms with E-state index >= 15 is 0 Å². The summed E-state index contributed by atoms with van der Waals surface area (Å²) in [5.74, 6) is -2.36. The first-order valence-corrected chi connectivity index (χ1v) is 15.3. The molecule has 11 heteroatoms. The number of carbonyl (C=O) groups excluding carboxylic acids is 2. The van der Waals surface area contributed by atoms with E-state index in [0.29, 0.717) is 9.87 Å². The molecule has 1 atom stereocenters. The van der Waals surface area contributed by atoms with Gasteiger partial charge in [-0.2, -0.15) is 12.7 Å². The van der Waals surface area contributed by atoms with Gasteiger partial charge < -0.3 is 10.2 Å². The molecule has 3 aromatic rings. The number of para-hydroxylation sites is 1. The number of nitrogens with one attached hydrogen (secondary N) is 1. The molecule has 1 N–H and O–H groups in total. The van der Waals surface area contributed by atoms with Gasteiger partial charge in [-0.15, -0.1) is 0 Å². The van der Waals surface area contributed by atoms with Crippen LogP contribution in [0.5, 0.6) is 0 Å². The summed E-state index contributed by atoms with van der Waals surface area (Å²) in [4.78, 5) is 29.3. The van der Waals surface area contributed by atoms with Crippen LogP contribution in [0.15, 0.2) is 78.9 Å². The molecule has 0 unspecified atom stereocenters. The van der Waals surface area contributed by atoms with Crippen molar-refractivity contribution in [2.75, 3.05) is 24.9 Å². The lowest BCUT2D eigenvalue weighted by Crippen LogP contribution is -2.55. The van der Waals surface area contributed by atoms with Crippen LogP contribution in [0.1, 0.15) is 36.8 Å². The predicted octanol–water partition coefficient (Wildman–Crippen LogP) is 4.28. The molecule has 0 aromatic heterocycles. The lowest BCUT2D eigenvalue weighted by atomic mass is 10.0. The van der Waals surface area contributed by atoms with Gasteiger partial charge in [-0.05, 0) is 48.2 Å². The molecule has 1 aliphatic rings. The van der Waals surface area contributed by atoms with Crippen LogP contribution in [-0.4, -0.2) is 62.2 Å². The third-order valence-electron chi connectivity index (χ3n) is 7.38. The minimum absolute atomic E-state index is 0.0254. The van der Waals surface area contributed by atoms with Gasteiger partial charge in [0.2, 0.25) is 11.8 Å². The predicted molar refractivity (Wildman–Crippen MR) is 158 cm³/mol. The number of hydrogen-bond donors (Lipinski definition) is 1. The Morgan fingerprint density at radius 2 is 1.50 bits per heavy atom. The molecule has 4 rings (SSSR count). The number of amides is 2. The topological polar surface area (TPSA) is 90.0 Å². The van der Waals surface area contributed by atoms with Crippen LogP contribution in [0, 0.1) is 11.6 Å². The molecule has 0 bridgehead atoms. The maximum Gasteiger partial charge on any atom is 0.304 e. The largest absolute Gasteiger partial charge is 0.352 e. The summed E-state index contributed by atoms with van der Waals surface area (Å²) < 4.78 is 57.0. The molecule has 3 aromatic carbocycles. The summed E-state index contributed by atoms with van der Waals surface area (Å²) >= 11 is 0. The van der Waals surface area contributed by atoms with E-state index in [4.69, 9.17) is 0 Å². The number of rotatable bonds is 12. The van der Waals surface area contributed by atoms with Crippen molar-refractivity contribution in [3.63, 3.8) is 0 Å². The Hall–Kier alpha value is -3.83. The van der Waals surface area contributed by atoms with Crippen LogP contribution in [0.4, 0.5) is 14.5 Å². The number of carbonyl (C=O) groups is 2. The maximum atomic E-state index is 14.9. The van der Waals surface area contributed by atoms with Crippen molar-refractivity contribution in [2.45, 2.75) is 50.7 Å². The second-order valence-electron chi connectivity index (χ2n) is 10.6. The normalized spacial score (nSPS) is 14.5. The van der Waals surface area contributed by atoms with Crippen molar-refractivity contribution in [2.24, 2.45) is 0 Å². The Kier molecular flexibility index (Phi) is 10.3. The maximum absolute atomic E-state index is 14.9. The fraction of sp³-hybridized carbons (Fsp3) is 0.355. The van der Waals surface area contributed by atoms with Gasteiger partial charge in [0, 0.05) is 33.1 Å². The molecule has 0 heterocycles. The summed E-state index contributed by atoms with van der Waals surface area (Å²) in [6.07, 6.45) is 3.81. The van der Waals surface area contributed by atoms with E-state index in [2.05, 4.69) is 5.32 Å². The van der Waals surface area contributed by atoms with E-state index in [1.807, 2.05) is 30.3 Å². The lowest BCUT2D eigenvalue weighted by molar-refractivity contribution is -0.140. The van der Waals surface area contributed by atoms with Crippen molar-refractivity contribution in [3.8, 4) is 0 Å². The quantitative estimate of drug-likeness (QED) is 0.337. The SMILES string of the molecule is CN(C)S(=O)(=O)N(CC(=O)N(Cc1ccc(F)cc1)[C@@H](Cc1ccccc1)C(=O)NC1CCCC1)c1ccccc1F. The zero-order valence-corrected chi connectivity index (χ0v) is 24.6. The molecule has 1 saturated carbocycles. The van der Waals surface area contributed by atoms with Crippen molar-refractivity contribution in [1.29, 1.82) is 0 Å². The minimum atomic E-state index is -4.32. The van der Waals surface area contributed by atoms with Crippen LogP contribution < -0.4 is 9.62 Å². The Morgan fingerprint density at radius 1 is 0.881 bits per heavy atom. The van der Waals surface area contributed by atoms with Gasteiger partial charge in [-0.3, -0.25) is 9.59 Å². The van der Waals surface area contributed by atoms with E-state index in [1.165, 1.54) is 61.5 Å². The zero-order chi connectivity index (χ0) is 30.3. The molecule has 1 aliphatic carbocycles. The molecule has 0 saturated heterocycles. The fourth-order valence-corrected chi connectivity index (χ4v) is 6.13. The molecule has 8 nitrogen and oxygen atoms in total.